The molecule has 1 unspecified atom stereocenters. The molecular weight excluding hydrogens is 288 g/mol. The number of anilines is 1. The second-order valence-corrected chi connectivity index (χ2v) is 5.30. The predicted octanol–water partition coefficient (Wildman–Crippen LogP) is 2.09. The van der Waals surface area contributed by atoms with Gasteiger partial charge in [-0.1, -0.05) is 12.2 Å². The van der Waals surface area contributed by atoms with Crippen molar-refractivity contribution in [2.75, 3.05) is 18.5 Å². The fourth-order valence-corrected chi connectivity index (χ4v) is 1.68. The average Bonchev–Trinajstić information content (AvgIpc) is 2.43. The molecule has 0 aromatic heterocycles. The molecule has 0 fully saturated rings. The topological polar surface area (TPSA) is 73.6 Å². The van der Waals surface area contributed by atoms with Gasteiger partial charge in [0.15, 0.2) is 0 Å². The van der Waals surface area contributed by atoms with Crippen molar-refractivity contribution in [3.63, 3.8) is 0 Å². The van der Waals surface area contributed by atoms with Crippen molar-refractivity contribution in [2.45, 2.75) is 33.0 Å². The van der Waals surface area contributed by atoms with E-state index in [1.54, 1.807) is 31.2 Å². The highest BCUT2D eigenvalue weighted by atomic mass is 32.1. The molecule has 5 nitrogen and oxygen atoms in total. The Morgan fingerprint density at radius 1 is 1.19 bits per heavy atom. The summed E-state index contributed by atoms with van der Waals surface area (Å²) in [5.74, 6) is -0.206. The number of carbonyl (C=O) groups excluding carboxylic acids is 1. The predicted molar refractivity (Wildman–Crippen MR) is 87.5 cm³/mol. The van der Waals surface area contributed by atoms with Gasteiger partial charge in [-0.2, -0.15) is 0 Å². The van der Waals surface area contributed by atoms with E-state index in [-0.39, 0.29) is 12.0 Å². The van der Waals surface area contributed by atoms with Crippen LogP contribution in [0.15, 0.2) is 24.3 Å². The Balaban J connectivity index is 2.39. The summed E-state index contributed by atoms with van der Waals surface area (Å²) < 4.78 is 10.8. The van der Waals surface area contributed by atoms with Crippen LogP contribution in [-0.2, 0) is 14.3 Å². The molecule has 1 amide bonds. The molecule has 116 valence electrons. The van der Waals surface area contributed by atoms with E-state index in [1.807, 2.05) is 13.8 Å². The molecule has 1 aromatic carbocycles. The van der Waals surface area contributed by atoms with Crippen molar-refractivity contribution in [3.8, 4) is 0 Å². The molecule has 0 saturated heterocycles. The summed E-state index contributed by atoms with van der Waals surface area (Å²) in [6.45, 7) is 6.46. The number of rotatable bonds is 8. The zero-order valence-electron chi connectivity index (χ0n) is 12.6. The summed E-state index contributed by atoms with van der Waals surface area (Å²) >= 11 is 4.87. The van der Waals surface area contributed by atoms with Crippen LogP contribution in [0.3, 0.4) is 0 Å². The van der Waals surface area contributed by atoms with Crippen molar-refractivity contribution >= 4 is 28.8 Å². The molecule has 0 bridgehead atoms. The van der Waals surface area contributed by atoms with E-state index < -0.39 is 6.10 Å². The van der Waals surface area contributed by atoms with Gasteiger partial charge in [0.25, 0.3) is 5.91 Å². The number of hydrogen-bond donors (Lipinski definition) is 2. The third-order valence-corrected chi connectivity index (χ3v) is 2.94. The maximum Gasteiger partial charge on any atom is 0.253 e. The van der Waals surface area contributed by atoms with Gasteiger partial charge in [-0.25, -0.2) is 0 Å². The summed E-state index contributed by atoms with van der Waals surface area (Å²) in [4.78, 5) is 12.3. The lowest BCUT2D eigenvalue weighted by molar-refractivity contribution is -0.127. The summed E-state index contributed by atoms with van der Waals surface area (Å²) in [6, 6.07) is 7.03. The van der Waals surface area contributed by atoms with E-state index >= 15 is 0 Å². The fraction of sp³-hybridized carbons (Fsp3) is 0.467. The van der Waals surface area contributed by atoms with E-state index in [4.69, 9.17) is 27.4 Å². The summed E-state index contributed by atoms with van der Waals surface area (Å²) in [5, 5.41) is 2.77. The lowest BCUT2D eigenvalue weighted by Crippen LogP contribution is -2.29. The largest absolute Gasteiger partial charge is 0.389 e. The molecule has 3 N–H and O–H groups in total. The number of benzene rings is 1. The van der Waals surface area contributed by atoms with Gasteiger partial charge in [0, 0.05) is 11.3 Å². The van der Waals surface area contributed by atoms with Gasteiger partial charge in [-0.15, -0.1) is 0 Å². The third-order valence-electron chi connectivity index (χ3n) is 2.71. The first-order valence-corrected chi connectivity index (χ1v) is 7.25. The number of ether oxygens (including phenoxy) is 2. The molecule has 0 radical (unpaired) electrons. The van der Waals surface area contributed by atoms with Crippen molar-refractivity contribution in [1.82, 2.24) is 0 Å². The van der Waals surface area contributed by atoms with Crippen LogP contribution in [0.1, 0.15) is 26.3 Å². The first-order chi connectivity index (χ1) is 9.90. The maximum absolute atomic E-state index is 11.9. The third kappa shape index (κ3) is 6.66. The van der Waals surface area contributed by atoms with Crippen LogP contribution in [0.2, 0.25) is 0 Å². The summed E-state index contributed by atoms with van der Waals surface area (Å²) in [7, 11) is 0. The van der Waals surface area contributed by atoms with E-state index in [0.717, 1.165) is 5.56 Å². The maximum atomic E-state index is 11.9. The van der Waals surface area contributed by atoms with Gasteiger partial charge in [0.2, 0.25) is 0 Å². The molecule has 0 spiro atoms. The lowest BCUT2D eigenvalue weighted by Gasteiger charge is -2.14. The number of nitrogens with one attached hydrogen (secondary N) is 1. The molecular formula is C15H22N2O3S. The molecule has 6 heteroatoms. The van der Waals surface area contributed by atoms with Crippen LogP contribution in [0.25, 0.3) is 0 Å². The van der Waals surface area contributed by atoms with Crippen LogP contribution in [0.5, 0.6) is 0 Å². The summed E-state index contributed by atoms with van der Waals surface area (Å²) in [5.41, 5.74) is 6.95. The molecule has 21 heavy (non-hydrogen) atoms. The minimum Gasteiger partial charge on any atom is -0.389 e. The number of thiocarbonyl (C=S) groups is 1. The monoisotopic (exact) mass is 310 g/mol. The minimum absolute atomic E-state index is 0.157. The van der Waals surface area contributed by atoms with Gasteiger partial charge < -0.3 is 20.5 Å². The van der Waals surface area contributed by atoms with Gasteiger partial charge >= 0.3 is 0 Å². The standard InChI is InChI=1S/C15H22N2O3S/c1-10(2)19-8-9-20-11(3)15(18)17-13-6-4-12(5-7-13)14(16)21/h4-7,10-11H,8-9H2,1-3H3,(H2,16,21)(H,17,18). The highest BCUT2D eigenvalue weighted by Gasteiger charge is 2.13. The number of amides is 1. The first kappa shape index (κ1) is 17.6. The zero-order valence-corrected chi connectivity index (χ0v) is 13.4. The Labute approximate surface area is 130 Å². The Kier molecular flexibility index (Phi) is 7.28. The van der Waals surface area contributed by atoms with Crippen molar-refractivity contribution in [2.24, 2.45) is 5.73 Å². The van der Waals surface area contributed by atoms with Crippen molar-refractivity contribution in [1.29, 1.82) is 0 Å². The van der Waals surface area contributed by atoms with Crippen molar-refractivity contribution in [3.05, 3.63) is 29.8 Å². The van der Waals surface area contributed by atoms with Crippen LogP contribution in [0.4, 0.5) is 5.69 Å². The SMILES string of the molecule is CC(C)OCCOC(C)C(=O)Nc1ccc(C(N)=S)cc1. The normalized spacial score (nSPS) is 12.2. The molecule has 0 saturated carbocycles. The average molecular weight is 310 g/mol. The van der Waals surface area contributed by atoms with E-state index in [9.17, 15) is 4.79 Å². The first-order valence-electron chi connectivity index (χ1n) is 6.84. The molecule has 0 heterocycles. The van der Waals surface area contributed by atoms with Crippen LogP contribution < -0.4 is 11.1 Å². The minimum atomic E-state index is -0.545. The Hall–Kier alpha value is -1.50. The van der Waals surface area contributed by atoms with Gasteiger partial charge in [-0.05, 0) is 45.0 Å². The summed E-state index contributed by atoms with van der Waals surface area (Å²) in [6.07, 6.45) is -0.388. The Morgan fingerprint density at radius 3 is 2.29 bits per heavy atom. The van der Waals surface area contributed by atoms with Gasteiger partial charge in [0.05, 0.1) is 19.3 Å². The van der Waals surface area contributed by atoms with Crippen LogP contribution in [-0.4, -0.2) is 36.3 Å². The lowest BCUT2D eigenvalue weighted by atomic mass is 10.2. The Bertz CT molecular complexity index is 474. The smallest absolute Gasteiger partial charge is 0.253 e. The molecule has 1 aromatic rings. The highest BCUT2D eigenvalue weighted by Crippen LogP contribution is 2.10. The van der Waals surface area contributed by atoms with Crippen molar-refractivity contribution < 1.29 is 14.3 Å². The van der Waals surface area contributed by atoms with Gasteiger partial charge in [0.1, 0.15) is 11.1 Å². The molecule has 0 aliphatic rings. The molecule has 0 aliphatic carbocycles. The zero-order chi connectivity index (χ0) is 15.8. The van der Waals surface area contributed by atoms with Gasteiger partial charge in [-0.3, -0.25) is 4.79 Å². The van der Waals surface area contributed by atoms with Crippen LogP contribution in [0, 0.1) is 0 Å². The van der Waals surface area contributed by atoms with E-state index in [0.29, 0.717) is 23.9 Å². The Morgan fingerprint density at radius 2 is 1.76 bits per heavy atom. The van der Waals surface area contributed by atoms with E-state index in [2.05, 4.69) is 5.32 Å². The number of nitrogens with two attached hydrogens (primary N) is 1. The second-order valence-electron chi connectivity index (χ2n) is 4.86. The quantitative estimate of drug-likeness (QED) is 0.568. The fourth-order valence-electron chi connectivity index (χ4n) is 1.55. The molecule has 1 rings (SSSR count). The molecule has 0 aliphatic heterocycles. The van der Waals surface area contributed by atoms with Crippen LogP contribution >= 0.6 is 12.2 Å². The molecule has 1 atom stereocenters. The highest BCUT2D eigenvalue weighted by molar-refractivity contribution is 7.80. The second kappa shape index (κ2) is 8.71. The van der Waals surface area contributed by atoms with E-state index in [1.165, 1.54) is 0 Å². The number of carbonyl (C=O) groups is 1. The number of hydrogen-bond acceptors (Lipinski definition) is 4.